The van der Waals surface area contributed by atoms with E-state index in [1.165, 1.54) is 31.4 Å². The molecule has 0 aromatic heterocycles. The molecule has 1 saturated heterocycles. The Bertz CT molecular complexity index is 371. The van der Waals surface area contributed by atoms with Crippen LogP contribution in [0.25, 0.3) is 0 Å². The van der Waals surface area contributed by atoms with E-state index in [0.717, 1.165) is 5.75 Å². The molecule has 3 nitrogen and oxygen atoms in total. The highest BCUT2D eigenvalue weighted by molar-refractivity contribution is 5.28. The Morgan fingerprint density at radius 2 is 2.05 bits per heavy atom. The monoisotopic (exact) mass is 262 g/mol. The van der Waals surface area contributed by atoms with E-state index in [2.05, 4.69) is 36.6 Å². The molecule has 1 aliphatic rings. The first-order valence-electron chi connectivity index (χ1n) is 7.32. The minimum atomic E-state index is 0.377. The van der Waals surface area contributed by atoms with E-state index in [4.69, 9.17) is 4.74 Å². The highest BCUT2D eigenvalue weighted by atomic mass is 16.5. The summed E-state index contributed by atoms with van der Waals surface area (Å²) >= 11 is 0. The summed E-state index contributed by atoms with van der Waals surface area (Å²) in [6, 6.07) is 9.93. The number of rotatable bonds is 6. The molecule has 1 aromatic rings. The highest BCUT2D eigenvalue weighted by Crippen LogP contribution is 2.19. The molecule has 1 aliphatic heterocycles. The third kappa shape index (κ3) is 4.22. The second kappa shape index (κ2) is 6.92. The third-order valence-electron chi connectivity index (χ3n) is 3.95. The Kier molecular flexibility index (Phi) is 5.23. The molecule has 3 heteroatoms. The molecule has 1 heterocycles. The average Bonchev–Trinajstić information content (AvgIpc) is 2.91. The maximum Gasteiger partial charge on any atom is 0.118 e. The SMILES string of the molecule is COc1ccc([C@@H](C)NC(C)CC2CCCN2)cc1. The Balaban J connectivity index is 1.82. The molecule has 1 aromatic carbocycles. The molecule has 2 rings (SSSR count). The maximum absolute atomic E-state index is 5.19. The van der Waals surface area contributed by atoms with Gasteiger partial charge in [-0.2, -0.15) is 0 Å². The first kappa shape index (κ1) is 14.4. The first-order valence-corrected chi connectivity index (χ1v) is 7.32. The molecule has 0 bridgehead atoms. The summed E-state index contributed by atoms with van der Waals surface area (Å²) in [5.41, 5.74) is 1.31. The summed E-state index contributed by atoms with van der Waals surface area (Å²) in [7, 11) is 1.70. The number of nitrogens with one attached hydrogen (secondary N) is 2. The van der Waals surface area contributed by atoms with Crippen molar-refractivity contribution in [3.63, 3.8) is 0 Å². The van der Waals surface area contributed by atoms with Gasteiger partial charge in [0.1, 0.15) is 5.75 Å². The second-order valence-electron chi connectivity index (χ2n) is 5.59. The van der Waals surface area contributed by atoms with E-state index in [0.29, 0.717) is 18.1 Å². The summed E-state index contributed by atoms with van der Waals surface area (Å²) < 4.78 is 5.19. The Hall–Kier alpha value is -1.06. The standard InChI is InChI=1S/C16H26N2O/c1-12(11-15-5-4-10-17-15)18-13(2)14-6-8-16(19-3)9-7-14/h6-9,12-13,15,17-18H,4-5,10-11H2,1-3H3/t12?,13-,15?/m1/s1. The molecule has 1 fully saturated rings. The number of methoxy groups -OCH3 is 1. The van der Waals surface area contributed by atoms with Crippen LogP contribution in [0.1, 0.15) is 44.7 Å². The lowest BCUT2D eigenvalue weighted by Gasteiger charge is -2.23. The fourth-order valence-corrected chi connectivity index (χ4v) is 2.87. The van der Waals surface area contributed by atoms with Gasteiger partial charge in [0.15, 0.2) is 0 Å². The molecular formula is C16H26N2O. The molecular weight excluding hydrogens is 236 g/mol. The number of hydrogen-bond acceptors (Lipinski definition) is 3. The molecule has 0 amide bonds. The van der Waals surface area contributed by atoms with Gasteiger partial charge >= 0.3 is 0 Å². The van der Waals surface area contributed by atoms with Gasteiger partial charge in [0.05, 0.1) is 7.11 Å². The third-order valence-corrected chi connectivity index (χ3v) is 3.95. The van der Waals surface area contributed by atoms with Crippen molar-refractivity contribution in [3.8, 4) is 5.75 Å². The zero-order valence-corrected chi connectivity index (χ0v) is 12.3. The number of hydrogen-bond donors (Lipinski definition) is 2. The Labute approximate surface area is 116 Å². The van der Waals surface area contributed by atoms with Crippen molar-refractivity contribution in [1.29, 1.82) is 0 Å². The molecule has 0 saturated carbocycles. The van der Waals surface area contributed by atoms with Crippen LogP contribution in [0.2, 0.25) is 0 Å². The van der Waals surface area contributed by atoms with Gasteiger partial charge in [0.25, 0.3) is 0 Å². The predicted molar refractivity (Wildman–Crippen MR) is 79.6 cm³/mol. The molecule has 0 radical (unpaired) electrons. The summed E-state index contributed by atoms with van der Waals surface area (Å²) in [6.07, 6.45) is 3.86. The van der Waals surface area contributed by atoms with Gasteiger partial charge in [-0.1, -0.05) is 12.1 Å². The van der Waals surface area contributed by atoms with Crippen molar-refractivity contribution in [3.05, 3.63) is 29.8 Å². The quantitative estimate of drug-likeness (QED) is 0.827. The fraction of sp³-hybridized carbons (Fsp3) is 0.625. The lowest BCUT2D eigenvalue weighted by atomic mass is 10.0. The van der Waals surface area contributed by atoms with Crippen LogP contribution in [-0.2, 0) is 0 Å². The smallest absolute Gasteiger partial charge is 0.118 e. The number of ether oxygens (including phenoxy) is 1. The number of benzene rings is 1. The van der Waals surface area contributed by atoms with Crippen molar-refractivity contribution in [2.75, 3.05) is 13.7 Å². The summed E-state index contributed by atoms with van der Waals surface area (Å²) in [6.45, 7) is 5.69. The molecule has 0 aliphatic carbocycles. The zero-order valence-electron chi connectivity index (χ0n) is 12.3. The van der Waals surface area contributed by atoms with Gasteiger partial charge in [-0.25, -0.2) is 0 Å². The van der Waals surface area contributed by atoms with Crippen LogP contribution in [0.5, 0.6) is 5.75 Å². The molecule has 2 unspecified atom stereocenters. The van der Waals surface area contributed by atoms with Crippen LogP contribution < -0.4 is 15.4 Å². The van der Waals surface area contributed by atoms with Crippen molar-refractivity contribution >= 4 is 0 Å². The van der Waals surface area contributed by atoms with Gasteiger partial charge in [-0.05, 0) is 57.4 Å². The highest BCUT2D eigenvalue weighted by Gasteiger charge is 2.18. The van der Waals surface area contributed by atoms with E-state index < -0.39 is 0 Å². The molecule has 106 valence electrons. The van der Waals surface area contributed by atoms with Crippen LogP contribution in [0.4, 0.5) is 0 Å². The first-order chi connectivity index (χ1) is 9.19. The van der Waals surface area contributed by atoms with Crippen molar-refractivity contribution in [1.82, 2.24) is 10.6 Å². The van der Waals surface area contributed by atoms with Crippen LogP contribution in [-0.4, -0.2) is 25.7 Å². The molecule has 19 heavy (non-hydrogen) atoms. The summed E-state index contributed by atoms with van der Waals surface area (Å²) in [4.78, 5) is 0. The fourth-order valence-electron chi connectivity index (χ4n) is 2.87. The normalized spacial score (nSPS) is 22.2. The van der Waals surface area contributed by atoms with Crippen molar-refractivity contribution in [2.45, 2.75) is 51.2 Å². The van der Waals surface area contributed by atoms with Crippen molar-refractivity contribution in [2.24, 2.45) is 0 Å². The van der Waals surface area contributed by atoms with Gasteiger partial charge in [-0.3, -0.25) is 0 Å². The van der Waals surface area contributed by atoms with Crippen LogP contribution in [0.3, 0.4) is 0 Å². The van der Waals surface area contributed by atoms with E-state index >= 15 is 0 Å². The van der Waals surface area contributed by atoms with Crippen LogP contribution >= 0.6 is 0 Å². The molecule has 0 spiro atoms. The summed E-state index contributed by atoms with van der Waals surface area (Å²) in [5, 5.41) is 7.24. The largest absolute Gasteiger partial charge is 0.497 e. The zero-order chi connectivity index (χ0) is 13.7. The molecule has 3 atom stereocenters. The minimum absolute atomic E-state index is 0.377. The topological polar surface area (TPSA) is 33.3 Å². The Morgan fingerprint density at radius 3 is 2.63 bits per heavy atom. The van der Waals surface area contributed by atoms with Crippen LogP contribution in [0, 0.1) is 0 Å². The summed E-state index contributed by atoms with van der Waals surface area (Å²) in [5.74, 6) is 0.916. The van der Waals surface area contributed by atoms with E-state index in [1.54, 1.807) is 7.11 Å². The minimum Gasteiger partial charge on any atom is -0.497 e. The van der Waals surface area contributed by atoms with E-state index in [-0.39, 0.29) is 0 Å². The van der Waals surface area contributed by atoms with Gasteiger partial charge in [0.2, 0.25) is 0 Å². The van der Waals surface area contributed by atoms with Gasteiger partial charge in [-0.15, -0.1) is 0 Å². The maximum atomic E-state index is 5.19. The van der Waals surface area contributed by atoms with Gasteiger partial charge in [0, 0.05) is 18.1 Å². The average molecular weight is 262 g/mol. The second-order valence-corrected chi connectivity index (χ2v) is 5.59. The lowest BCUT2D eigenvalue weighted by Crippen LogP contribution is -2.35. The van der Waals surface area contributed by atoms with Gasteiger partial charge < -0.3 is 15.4 Å². The van der Waals surface area contributed by atoms with Crippen molar-refractivity contribution < 1.29 is 4.74 Å². The van der Waals surface area contributed by atoms with Crippen LogP contribution in [0.15, 0.2) is 24.3 Å². The lowest BCUT2D eigenvalue weighted by molar-refractivity contribution is 0.405. The predicted octanol–water partition coefficient (Wildman–Crippen LogP) is 2.88. The molecule has 2 N–H and O–H groups in total. The Morgan fingerprint density at radius 1 is 1.32 bits per heavy atom. The van der Waals surface area contributed by atoms with E-state index in [9.17, 15) is 0 Å². The van der Waals surface area contributed by atoms with E-state index in [1.807, 2.05) is 12.1 Å².